The summed E-state index contributed by atoms with van der Waals surface area (Å²) in [5.41, 5.74) is 7.57. The zero-order chi connectivity index (χ0) is 13.8. The van der Waals surface area contributed by atoms with E-state index in [4.69, 9.17) is 15.2 Å². The molecule has 1 atom stereocenters. The molecule has 2 N–H and O–H groups in total. The molecule has 2 rings (SSSR count). The topological polar surface area (TPSA) is 70.3 Å². The highest BCUT2D eigenvalue weighted by Gasteiger charge is 2.10. The van der Waals surface area contributed by atoms with Crippen molar-refractivity contribution < 1.29 is 9.47 Å². The van der Waals surface area contributed by atoms with Gasteiger partial charge in [0.2, 0.25) is 5.88 Å². The maximum Gasteiger partial charge on any atom is 0.216 e. The Hall–Kier alpha value is -2.14. The summed E-state index contributed by atoms with van der Waals surface area (Å²) in [5, 5.41) is 0. The molecule has 0 saturated heterocycles. The van der Waals surface area contributed by atoms with Gasteiger partial charge in [-0.15, -0.1) is 0 Å². The van der Waals surface area contributed by atoms with E-state index in [1.165, 1.54) is 0 Å². The molecule has 100 valence electrons. The molecule has 1 aromatic heterocycles. The van der Waals surface area contributed by atoms with Crippen LogP contribution >= 0.6 is 0 Å². The van der Waals surface area contributed by atoms with Gasteiger partial charge in [-0.25, -0.2) is 4.98 Å². The molecule has 2 aromatic rings. The Balaban J connectivity index is 2.44. The van der Waals surface area contributed by atoms with Gasteiger partial charge in [-0.1, -0.05) is 0 Å². The highest BCUT2D eigenvalue weighted by molar-refractivity contribution is 5.61. The van der Waals surface area contributed by atoms with Crippen LogP contribution in [0, 0.1) is 0 Å². The summed E-state index contributed by atoms with van der Waals surface area (Å²) in [5.74, 6) is 1.87. The van der Waals surface area contributed by atoms with Gasteiger partial charge in [-0.2, -0.15) is 4.98 Å². The summed E-state index contributed by atoms with van der Waals surface area (Å²) in [7, 11) is 3.21. The Kier molecular flexibility index (Phi) is 3.97. The molecule has 1 heterocycles. The molecule has 5 nitrogen and oxygen atoms in total. The minimum absolute atomic E-state index is 0.243. The lowest BCUT2D eigenvalue weighted by Crippen LogP contribution is -2.11. The fourth-order valence-electron chi connectivity index (χ4n) is 1.66. The predicted octanol–water partition coefficient (Wildman–Crippen LogP) is 2.18. The summed E-state index contributed by atoms with van der Waals surface area (Å²) >= 11 is 0. The molecular weight excluding hydrogens is 242 g/mol. The third-order valence-corrected chi connectivity index (χ3v) is 2.72. The molecule has 0 spiro atoms. The van der Waals surface area contributed by atoms with Gasteiger partial charge in [0.1, 0.15) is 11.6 Å². The van der Waals surface area contributed by atoms with Gasteiger partial charge in [-0.05, 0) is 31.2 Å². The van der Waals surface area contributed by atoms with E-state index in [0.717, 1.165) is 17.0 Å². The fraction of sp³-hybridized carbons (Fsp3) is 0.286. The second-order valence-corrected chi connectivity index (χ2v) is 4.17. The quantitative estimate of drug-likeness (QED) is 0.911. The Morgan fingerprint density at radius 3 is 2.26 bits per heavy atom. The lowest BCUT2D eigenvalue weighted by atomic mass is 10.1. The molecule has 19 heavy (non-hydrogen) atoms. The van der Waals surface area contributed by atoms with Crippen molar-refractivity contribution >= 4 is 0 Å². The maximum atomic E-state index is 5.83. The van der Waals surface area contributed by atoms with Crippen LogP contribution in [0.2, 0.25) is 0 Å². The van der Waals surface area contributed by atoms with Gasteiger partial charge in [0, 0.05) is 11.6 Å². The van der Waals surface area contributed by atoms with Gasteiger partial charge < -0.3 is 15.2 Å². The summed E-state index contributed by atoms with van der Waals surface area (Å²) in [6, 6.07) is 9.18. The number of benzene rings is 1. The minimum atomic E-state index is -0.243. The molecule has 5 heteroatoms. The summed E-state index contributed by atoms with van der Waals surface area (Å²) < 4.78 is 10.3. The number of nitrogens with two attached hydrogens (primary N) is 1. The van der Waals surface area contributed by atoms with Crippen LogP contribution in [0.1, 0.15) is 18.8 Å². The maximum absolute atomic E-state index is 5.83. The molecule has 0 aliphatic carbocycles. The summed E-state index contributed by atoms with van der Waals surface area (Å²) in [4.78, 5) is 8.68. The van der Waals surface area contributed by atoms with Gasteiger partial charge in [-0.3, -0.25) is 0 Å². The van der Waals surface area contributed by atoms with Crippen molar-refractivity contribution in [3.8, 4) is 22.9 Å². The molecular formula is C14H17N3O2. The van der Waals surface area contributed by atoms with Crippen molar-refractivity contribution in [3.05, 3.63) is 36.2 Å². The molecule has 0 aliphatic heterocycles. The minimum Gasteiger partial charge on any atom is -0.497 e. The van der Waals surface area contributed by atoms with E-state index in [2.05, 4.69) is 9.97 Å². The smallest absolute Gasteiger partial charge is 0.216 e. The molecule has 0 bridgehead atoms. The van der Waals surface area contributed by atoms with Crippen molar-refractivity contribution in [3.63, 3.8) is 0 Å². The van der Waals surface area contributed by atoms with Crippen LogP contribution in [0.4, 0.5) is 0 Å². The molecule has 0 amide bonds. The average molecular weight is 259 g/mol. The molecule has 0 fully saturated rings. The second kappa shape index (κ2) is 5.67. The van der Waals surface area contributed by atoms with Crippen LogP contribution < -0.4 is 15.2 Å². The lowest BCUT2D eigenvalue weighted by Gasteiger charge is -2.10. The Labute approximate surface area is 112 Å². The molecule has 0 saturated carbocycles. The van der Waals surface area contributed by atoms with Crippen molar-refractivity contribution in [2.75, 3.05) is 14.2 Å². The van der Waals surface area contributed by atoms with E-state index in [1.807, 2.05) is 31.2 Å². The standard InChI is InChI=1S/C14H17N3O2/c1-9(15)14-16-12(8-13(17-14)19-3)10-4-6-11(18-2)7-5-10/h4-9H,15H2,1-3H3. The van der Waals surface area contributed by atoms with E-state index in [0.29, 0.717) is 11.7 Å². The number of hydrogen-bond donors (Lipinski definition) is 1. The van der Waals surface area contributed by atoms with Gasteiger partial charge >= 0.3 is 0 Å². The zero-order valence-electron chi connectivity index (χ0n) is 11.3. The molecule has 0 aliphatic rings. The van der Waals surface area contributed by atoms with Crippen molar-refractivity contribution in [2.45, 2.75) is 13.0 Å². The summed E-state index contributed by atoms with van der Waals surface area (Å²) in [6.07, 6.45) is 0. The van der Waals surface area contributed by atoms with E-state index >= 15 is 0 Å². The van der Waals surface area contributed by atoms with Crippen molar-refractivity contribution in [2.24, 2.45) is 5.73 Å². The Bertz CT molecular complexity index is 553. The molecule has 1 unspecified atom stereocenters. The van der Waals surface area contributed by atoms with Crippen LogP contribution in [-0.4, -0.2) is 24.2 Å². The number of rotatable bonds is 4. The Morgan fingerprint density at radius 2 is 1.74 bits per heavy atom. The first-order valence-corrected chi connectivity index (χ1v) is 5.97. The largest absolute Gasteiger partial charge is 0.497 e. The number of aromatic nitrogens is 2. The van der Waals surface area contributed by atoms with Crippen LogP contribution in [0.25, 0.3) is 11.3 Å². The van der Waals surface area contributed by atoms with Gasteiger partial charge in [0.15, 0.2) is 0 Å². The number of nitrogens with zero attached hydrogens (tertiary/aromatic N) is 2. The monoisotopic (exact) mass is 259 g/mol. The molecule has 1 aromatic carbocycles. The fourth-order valence-corrected chi connectivity index (χ4v) is 1.66. The third kappa shape index (κ3) is 3.00. The lowest BCUT2D eigenvalue weighted by molar-refractivity contribution is 0.394. The van der Waals surface area contributed by atoms with Crippen LogP contribution in [-0.2, 0) is 0 Å². The third-order valence-electron chi connectivity index (χ3n) is 2.72. The predicted molar refractivity (Wildman–Crippen MR) is 73.2 cm³/mol. The van der Waals surface area contributed by atoms with E-state index in [-0.39, 0.29) is 6.04 Å². The first kappa shape index (κ1) is 13.3. The van der Waals surface area contributed by atoms with Gasteiger partial charge in [0.05, 0.1) is 26.0 Å². The number of hydrogen-bond acceptors (Lipinski definition) is 5. The number of ether oxygens (including phenoxy) is 2. The van der Waals surface area contributed by atoms with Crippen LogP contribution in [0.5, 0.6) is 11.6 Å². The summed E-state index contributed by atoms with van der Waals surface area (Å²) in [6.45, 7) is 1.84. The van der Waals surface area contributed by atoms with Crippen LogP contribution in [0.15, 0.2) is 30.3 Å². The van der Waals surface area contributed by atoms with Gasteiger partial charge in [0.25, 0.3) is 0 Å². The first-order chi connectivity index (χ1) is 9.13. The zero-order valence-corrected chi connectivity index (χ0v) is 11.3. The highest BCUT2D eigenvalue weighted by atomic mass is 16.5. The SMILES string of the molecule is COc1ccc(-c2cc(OC)nc(C(C)N)n2)cc1. The highest BCUT2D eigenvalue weighted by Crippen LogP contribution is 2.24. The normalized spacial score (nSPS) is 12.0. The molecule has 0 radical (unpaired) electrons. The van der Waals surface area contributed by atoms with Crippen molar-refractivity contribution in [1.82, 2.24) is 9.97 Å². The van der Waals surface area contributed by atoms with E-state index in [9.17, 15) is 0 Å². The van der Waals surface area contributed by atoms with Crippen LogP contribution in [0.3, 0.4) is 0 Å². The second-order valence-electron chi connectivity index (χ2n) is 4.17. The van der Waals surface area contributed by atoms with Crippen molar-refractivity contribution in [1.29, 1.82) is 0 Å². The first-order valence-electron chi connectivity index (χ1n) is 5.97. The Morgan fingerprint density at radius 1 is 1.05 bits per heavy atom. The van der Waals surface area contributed by atoms with E-state index in [1.54, 1.807) is 20.3 Å². The average Bonchev–Trinajstić information content (AvgIpc) is 2.46. The van der Waals surface area contributed by atoms with E-state index < -0.39 is 0 Å². The number of methoxy groups -OCH3 is 2.